The van der Waals surface area contributed by atoms with E-state index in [4.69, 9.17) is 14.2 Å². The summed E-state index contributed by atoms with van der Waals surface area (Å²) in [5, 5.41) is 8.90. The van der Waals surface area contributed by atoms with Crippen molar-refractivity contribution in [2.45, 2.75) is 24.3 Å². The maximum atomic E-state index is 11.9. The number of nitrogens with zero attached hydrogens (tertiary/aromatic N) is 2. The predicted molar refractivity (Wildman–Crippen MR) is 111 cm³/mol. The van der Waals surface area contributed by atoms with Gasteiger partial charge in [-0.3, -0.25) is 0 Å². The number of ether oxygens (including phenoxy) is 3. The van der Waals surface area contributed by atoms with Crippen LogP contribution in [0.4, 0.5) is 10.7 Å². The Labute approximate surface area is 174 Å². The molecule has 0 unspecified atom stereocenters. The van der Waals surface area contributed by atoms with Gasteiger partial charge < -0.3 is 30.2 Å². The number of aromatic nitrogens is 2. The number of anilines is 1. The number of amides is 2. The van der Waals surface area contributed by atoms with Gasteiger partial charge in [-0.15, -0.1) is 6.58 Å². The molecule has 0 bridgehead atoms. The van der Waals surface area contributed by atoms with Crippen LogP contribution < -0.4 is 20.7 Å². The van der Waals surface area contributed by atoms with Crippen molar-refractivity contribution >= 4 is 12.0 Å². The molecule has 4 atom stereocenters. The first-order valence-electron chi connectivity index (χ1n) is 9.80. The summed E-state index contributed by atoms with van der Waals surface area (Å²) in [7, 11) is 1.64. The van der Waals surface area contributed by atoms with Crippen molar-refractivity contribution in [1.82, 2.24) is 20.6 Å². The molecule has 3 heterocycles. The zero-order chi connectivity index (χ0) is 20.9. The van der Waals surface area contributed by atoms with Gasteiger partial charge in [0.1, 0.15) is 18.0 Å². The summed E-state index contributed by atoms with van der Waals surface area (Å²) in [5.74, 6) is 1.29. The molecule has 4 rings (SSSR count). The van der Waals surface area contributed by atoms with Crippen LogP contribution in [0.3, 0.4) is 0 Å². The number of methoxy groups -OCH3 is 1. The summed E-state index contributed by atoms with van der Waals surface area (Å²) in [4.78, 5) is 20.9. The lowest BCUT2D eigenvalue weighted by Gasteiger charge is -2.18. The second kappa shape index (κ2) is 9.10. The van der Waals surface area contributed by atoms with E-state index in [2.05, 4.69) is 32.5 Å². The average molecular weight is 411 g/mol. The Morgan fingerprint density at radius 1 is 1.20 bits per heavy atom. The second-order valence-corrected chi connectivity index (χ2v) is 7.09. The molecule has 2 saturated heterocycles. The Morgan fingerprint density at radius 3 is 2.67 bits per heavy atom. The fraction of sp³-hybridized carbons (Fsp3) is 0.381. The molecule has 9 nitrogen and oxygen atoms in total. The van der Waals surface area contributed by atoms with E-state index in [1.807, 2.05) is 30.3 Å². The first kappa shape index (κ1) is 20.1. The lowest BCUT2D eigenvalue weighted by atomic mass is 10.1. The minimum absolute atomic E-state index is 0.107. The average Bonchev–Trinajstić information content (AvgIpc) is 3.36. The van der Waals surface area contributed by atoms with E-state index in [0.717, 1.165) is 17.0 Å². The van der Waals surface area contributed by atoms with Crippen LogP contribution >= 0.6 is 0 Å². The largest absolute Gasteiger partial charge is 0.497 e. The summed E-state index contributed by atoms with van der Waals surface area (Å²) in [6, 6.07) is 8.97. The molecule has 2 aromatic rings. The molecule has 9 heteroatoms. The smallest absolute Gasteiger partial charge is 0.315 e. The van der Waals surface area contributed by atoms with E-state index in [1.165, 1.54) is 0 Å². The van der Waals surface area contributed by atoms with Crippen molar-refractivity contribution in [3.05, 3.63) is 49.2 Å². The zero-order valence-corrected chi connectivity index (χ0v) is 16.7. The normalized spacial score (nSPS) is 24.7. The molecular formula is C21H25N5O4. The van der Waals surface area contributed by atoms with Crippen LogP contribution in [0.15, 0.2) is 49.2 Å². The van der Waals surface area contributed by atoms with Crippen molar-refractivity contribution in [2.75, 3.05) is 32.2 Å². The Hall–Kier alpha value is -3.17. The van der Waals surface area contributed by atoms with Crippen LogP contribution in [-0.4, -0.2) is 67.2 Å². The van der Waals surface area contributed by atoms with Gasteiger partial charge in [-0.05, 0) is 30.3 Å². The third-order valence-corrected chi connectivity index (χ3v) is 5.13. The van der Waals surface area contributed by atoms with Crippen LogP contribution in [0.2, 0.25) is 0 Å². The van der Waals surface area contributed by atoms with Gasteiger partial charge in [0.15, 0.2) is 0 Å². The molecule has 30 heavy (non-hydrogen) atoms. The molecule has 1 aromatic carbocycles. The van der Waals surface area contributed by atoms with Gasteiger partial charge in [0.2, 0.25) is 5.95 Å². The number of hydrogen-bond acceptors (Lipinski definition) is 7. The van der Waals surface area contributed by atoms with Crippen LogP contribution in [-0.2, 0) is 9.47 Å². The Morgan fingerprint density at radius 2 is 1.93 bits per heavy atom. The van der Waals surface area contributed by atoms with E-state index >= 15 is 0 Å². The van der Waals surface area contributed by atoms with E-state index in [-0.39, 0.29) is 30.3 Å². The first-order valence-corrected chi connectivity index (χ1v) is 9.80. The van der Waals surface area contributed by atoms with Crippen molar-refractivity contribution in [3.8, 4) is 17.0 Å². The third kappa shape index (κ3) is 4.37. The molecule has 158 valence electrons. The monoisotopic (exact) mass is 411 g/mol. The summed E-state index contributed by atoms with van der Waals surface area (Å²) in [5.41, 5.74) is 1.77. The van der Waals surface area contributed by atoms with Gasteiger partial charge in [-0.1, -0.05) is 6.08 Å². The van der Waals surface area contributed by atoms with Crippen LogP contribution in [0.25, 0.3) is 11.3 Å². The number of carbonyl (C=O) groups excluding carboxylic acids is 1. The summed E-state index contributed by atoms with van der Waals surface area (Å²) in [6.07, 6.45) is 2.93. The topological polar surface area (TPSA) is 107 Å². The van der Waals surface area contributed by atoms with E-state index < -0.39 is 0 Å². The standard InChI is InChI=1S/C21H25N5O4/c1-3-9-23-21(27)26-17-12-30-18-16(11-29-19(17)18)25-20-22-10-8-15(24-20)13-4-6-14(28-2)7-5-13/h3-8,10,16-19H,1,9,11-12H2,2H3,(H,22,24,25)(H2,23,26,27)/t16-,17-,18+,19+/m0/s1. The van der Waals surface area contributed by atoms with Gasteiger partial charge in [-0.25, -0.2) is 14.8 Å². The second-order valence-electron chi connectivity index (χ2n) is 7.09. The van der Waals surface area contributed by atoms with Gasteiger partial charge in [0, 0.05) is 18.3 Å². The summed E-state index contributed by atoms with van der Waals surface area (Å²) >= 11 is 0. The summed E-state index contributed by atoms with van der Waals surface area (Å²) in [6.45, 7) is 4.82. The molecule has 2 aliphatic rings. The number of fused-ring (bicyclic) bond motifs is 1. The number of carbonyl (C=O) groups is 1. The predicted octanol–water partition coefficient (Wildman–Crippen LogP) is 1.58. The summed E-state index contributed by atoms with van der Waals surface area (Å²) < 4.78 is 17.0. The lowest BCUT2D eigenvalue weighted by Crippen LogP contribution is -2.48. The Kier molecular flexibility index (Phi) is 6.10. The molecule has 2 aliphatic heterocycles. The first-order chi connectivity index (χ1) is 14.7. The number of hydrogen-bond donors (Lipinski definition) is 3. The highest BCUT2D eigenvalue weighted by Gasteiger charge is 2.48. The quantitative estimate of drug-likeness (QED) is 0.594. The molecular weight excluding hydrogens is 386 g/mol. The van der Waals surface area contributed by atoms with E-state index in [0.29, 0.717) is 25.7 Å². The highest BCUT2D eigenvalue weighted by Crippen LogP contribution is 2.29. The highest BCUT2D eigenvalue weighted by molar-refractivity contribution is 5.74. The molecule has 2 fully saturated rings. The van der Waals surface area contributed by atoms with Crippen LogP contribution in [0, 0.1) is 0 Å². The maximum absolute atomic E-state index is 11.9. The van der Waals surface area contributed by atoms with E-state index in [9.17, 15) is 4.79 Å². The molecule has 0 aliphatic carbocycles. The van der Waals surface area contributed by atoms with Crippen molar-refractivity contribution in [2.24, 2.45) is 0 Å². The zero-order valence-electron chi connectivity index (χ0n) is 16.7. The van der Waals surface area contributed by atoms with Crippen molar-refractivity contribution in [1.29, 1.82) is 0 Å². The molecule has 1 aromatic heterocycles. The van der Waals surface area contributed by atoms with Gasteiger partial charge in [0.25, 0.3) is 0 Å². The number of urea groups is 1. The molecule has 0 radical (unpaired) electrons. The fourth-order valence-corrected chi connectivity index (χ4v) is 3.65. The van der Waals surface area contributed by atoms with Crippen LogP contribution in [0.1, 0.15) is 0 Å². The minimum atomic E-state index is -0.264. The number of benzene rings is 1. The fourth-order valence-electron chi connectivity index (χ4n) is 3.65. The number of nitrogens with one attached hydrogen (secondary N) is 3. The van der Waals surface area contributed by atoms with Gasteiger partial charge in [-0.2, -0.15) is 0 Å². The Bertz CT molecular complexity index is 891. The third-order valence-electron chi connectivity index (χ3n) is 5.13. The van der Waals surface area contributed by atoms with Gasteiger partial charge in [0.05, 0.1) is 38.1 Å². The van der Waals surface area contributed by atoms with E-state index in [1.54, 1.807) is 19.4 Å². The van der Waals surface area contributed by atoms with Crippen molar-refractivity contribution < 1.29 is 19.0 Å². The maximum Gasteiger partial charge on any atom is 0.315 e. The van der Waals surface area contributed by atoms with Gasteiger partial charge >= 0.3 is 6.03 Å². The molecule has 3 N–H and O–H groups in total. The van der Waals surface area contributed by atoms with Crippen molar-refractivity contribution in [3.63, 3.8) is 0 Å². The highest BCUT2D eigenvalue weighted by atomic mass is 16.6. The lowest BCUT2D eigenvalue weighted by molar-refractivity contribution is 0.0682. The molecule has 0 saturated carbocycles. The number of rotatable bonds is 7. The SMILES string of the molecule is C=CCNC(=O)N[C@H]1CO[C@H]2[C@@H]1OC[C@@H]2Nc1nccc(-c2ccc(OC)cc2)n1. The Balaban J connectivity index is 1.38. The molecule has 2 amide bonds. The van der Waals surface area contributed by atoms with Crippen LogP contribution in [0.5, 0.6) is 5.75 Å². The minimum Gasteiger partial charge on any atom is -0.497 e. The molecule has 0 spiro atoms.